The standard InChI is InChI=1S/C12H20ClN5O2S/c1-3-9-8-18(5-4-17(9)2)21(19,20)10-6-11(13)12(16-14)15-7-10/h6-7,9H,3-5,8,14H2,1-2H3,(H,15,16). The molecule has 1 aromatic rings. The summed E-state index contributed by atoms with van der Waals surface area (Å²) < 4.78 is 26.8. The lowest BCUT2D eigenvalue weighted by Crippen LogP contribution is -2.52. The number of sulfonamides is 1. The lowest BCUT2D eigenvalue weighted by atomic mass is 10.1. The molecule has 118 valence electrons. The number of nitrogens with zero attached hydrogens (tertiary/aromatic N) is 3. The van der Waals surface area contributed by atoms with Crippen LogP contribution in [-0.4, -0.2) is 55.3 Å². The van der Waals surface area contributed by atoms with Gasteiger partial charge in [0.1, 0.15) is 4.90 Å². The van der Waals surface area contributed by atoms with Crippen molar-refractivity contribution in [2.45, 2.75) is 24.3 Å². The Morgan fingerprint density at radius 1 is 1.52 bits per heavy atom. The molecular weight excluding hydrogens is 314 g/mol. The Balaban J connectivity index is 2.27. The maximum Gasteiger partial charge on any atom is 0.244 e. The topological polar surface area (TPSA) is 91.6 Å². The van der Waals surface area contributed by atoms with E-state index in [-0.39, 0.29) is 21.8 Å². The lowest BCUT2D eigenvalue weighted by Gasteiger charge is -2.38. The average Bonchev–Trinajstić information content (AvgIpc) is 2.47. The summed E-state index contributed by atoms with van der Waals surface area (Å²) >= 11 is 5.96. The van der Waals surface area contributed by atoms with Crippen molar-refractivity contribution >= 4 is 27.4 Å². The minimum atomic E-state index is -3.58. The number of nitrogens with one attached hydrogen (secondary N) is 1. The molecule has 0 radical (unpaired) electrons. The molecule has 2 heterocycles. The molecule has 1 aliphatic rings. The molecule has 1 fully saturated rings. The summed E-state index contributed by atoms with van der Waals surface area (Å²) in [4.78, 5) is 6.20. The van der Waals surface area contributed by atoms with E-state index in [4.69, 9.17) is 17.4 Å². The summed E-state index contributed by atoms with van der Waals surface area (Å²) in [6.07, 6.45) is 2.17. The number of piperazine rings is 1. The van der Waals surface area contributed by atoms with Gasteiger partial charge in [0, 0.05) is 31.9 Å². The van der Waals surface area contributed by atoms with Crippen molar-refractivity contribution in [2.24, 2.45) is 5.84 Å². The zero-order valence-corrected chi connectivity index (χ0v) is 13.7. The Morgan fingerprint density at radius 3 is 2.81 bits per heavy atom. The number of aromatic nitrogens is 1. The Bertz CT molecular complexity index is 610. The van der Waals surface area contributed by atoms with Gasteiger partial charge < -0.3 is 10.3 Å². The van der Waals surface area contributed by atoms with Gasteiger partial charge in [-0.15, -0.1) is 0 Å². The van der Waals surface area contributed by atoms with Crippen molar-refractivity contribution < 1.29 is 8.42 Å². The summed E-state index contributed by atoms with van der Waals surface area (Å²) in [5.74, 6) is 5.49. The Morgan fingerprint density at radius 2 is 2.24 bits per heavy atom. The highest BCUT2D eigenvalue weighted by atomic mass is 35.5. The second-order valence-corrected chi connectivity index (χ2v) is 7.40. The summed E-state index contributed by atoms with van der Waals surface area (Å²) in [7, 11) is -1.57. The van der Waals surface area contributed by atoms with Crippen LogP contribution in [0.2, 0.25) is 5.02 Å². The third-order valence-electron chi connectivity index (χ3n) is 3.80. The van der Waals surface area contributed by atoms with Gasteiger partial charge in [-0.25, -0.2) is 19.2 Å². The van der Waals surface area contributed by atoms with Crippen molar-refractivity contribution in [1.29, 1.82) is 0 Å². The number of rotatable bonds is 4. The first-order valence-electron chi connectivity index (χ1n) is 6.72. The van der Waals surface area contributed by atoms with Gasteiger partial charge in [-0.05, 0) is 19.5 Å². The van der Waals surface area contributed by atoms with Crippen molar-refractivity contribution in [3.63, 3.8) is 0 Å². The molecule has 0 spiro atoms. The molecule has 1 unspecified atom stereocenters. The summed E-state index contributed by atoms with van der Waals surface area (Å²) in [6, 6.07) is 1.60. The van der Waals surface area contributed by atoms with Crippen molar-refractivity contribution in [3.8, 4) is 0 Å². The van der Waals surface area contributed by atoms with Crippen LogP contribution in [0.15, 0.2) is 17.2 Å². The van der Waals surface area contributed by atoms with Gasteiger partial charge in [0.15, 0.2) is 5.82 Å². The molecule has 1 saturated heterocycles. The van der Waals surface area contributed by atoms with Gasteiger partial charge in [-0.1, -0.05) is 18.5 Å². The summed E-state index contributed by atoms with van der Waals surface area (Å²) in [6.45, 7) is 3.70. The molecule has 0 aromatic carbocycles. The second kappa shape index (κ2) is 6.45. The average molecular weight is 334 g/mol. The van der Waals surface area contributed by atoms with E-state index in [1.54, 1.807) is 0 Å². The van der Waals surface area contributed by atoms with Crippen LogP contribution in [0.25, 0.3) is 0 Å². The number of hydrazine groups is 1. The SMILES string of the molecule is CCC1CN(S(=O)(=O)c2cnc(NN)c(Cl)c2)CCN1C. The summed E-state index contributed by atoms with van der Waals surface area (Å²) in [5.41, 5.74) is 2.32. The second-order valence-electron chi connectivity index (χ2n) is 5.05. The van der Waals surface area contributed by atoms with Crippen molar-refractivity contribution in [1.82, 2.24) is 14.2 Å². The smallest absolute Gasteiger partial charge is 0.244 e. The van der Waals surface area contributed by atoms with Crippen LogP contribution in [0.1, 0.15) is 13.3 Å². The van der Waals surface area contributed by atoms with Gasteiger partial charge in [-0.3, -0.25) is 0 Å². The predicted octanol–water partition coefficient (Wildman–Crippen LogP) is 0.735. The molecule has 0 aliphatic carbocycles. The van der Waals surface area contributed by atoms with E-state index >= 15 is 0 Å². The third-order valence-corrected chi connectivity index (χ3v) is 5.92. The number of nitrogen functional groups attached to an aromatic ring is 1. The number of hydrogen-bond acceptors (Lipinski definition) is 6. The molecule has 1 aliphatic heterocycles. The first-order valence-corrected chi connectivity index (χ1v) is 8.54. The first kappa shape index (κ1) is 16.4. The van der Waals surface area contributed by atoms with Gasteiger partial charge in [0.05, 0.1) is 5.02 Å². The van der Waals surface area contributed by atoms with Crippen LogP contribution in [0.4, 0.5) is 5.82 Å². The zero-order chi connectivity index (χ0) is 15.6. The minimum absolute atomic E-state index is 0.0888. The van der Waals surface area contributed by atoms with Crippen LogP contribution in [0.5, 0.6) is 0 Å². The van der Waals surface area contributed by atoms with Gasteiger partial charge in [0.2, 0.25) is 10.0 Å². The van der Waals surface area contributed by atoms with Gasteiger partial charge in [-0.2, -0.15) is 4.31 Å². The molecule has 0 amide bonds. The highest BCUT2D eigenvalue weighted by Gasteiger charge is 2.32. The fraction of sp³-hybridized carbons (Fsp3) is 0.583. The van der Waals surface area contributed by atoms with Crippen LogP contribution in [0, 0.1) is 0 Å². The van der Waals surface area contributed by atoms with Crippen molar-refractivity contribution in [2.75, 3.05) is 32.1 Å². The molecule has 7 nitrogen and oxygen atoms in total. The molecular formula is C12H20ClN5O2S. The number of anilines is 1. The third kappa shape index (κ3) is 3.29. The summed E-state index contributed by atoms with van der Waals surface area (Å²) in [5, 5.41) is 0.180. The van der Waals surface area contributed by atoms with Crippen LogP contribution in [-0.2, 0) is 10.0 Å². The monoisotopic (exact) mass is 333 g/mol. The van der Waals surface area contributed by atoms with Crippen LogP contribution >= 0.6 is 11.6 Å². The van der Waals surface area contributed by atoms with Crippen LogP contribution < -0.4 is 11.3 Å². The number of halogens is 1. The highest BCUT2D eigenvalue weighted by molar-refractivity contribution is 7.89. The quantitative estimate of drug-likeness (QED) is 0.623. The Kier molecular flexibility index (Phi) is 5.05. The molecule has 9 heteroatoms. The molecule has 0 saturated carbocycles. The molecule has 1 atom stereocenters. The van der Waals surface area contributed by atoms with Crippen LogP contribution in [0.3, 0.4) is 0 Å². The number of hydrogen-bond donors (Lipinski definition) is 2. The lowest BCUT2D eigenvalue weighted by molar-refractivity contribution is 0.144. The minimum Gasteiger partial charge on any atom is -0.307 e. The van der Waals surface area contributed by atoms with Gasteiger partial charge in [0.25, 0.3) is 0 Å². The zero-order valence-electron chi connectivity index (χ0n) is 12.1. The van der Waals surface area contributed by atoms with E-state index in [1.165, 1.54) is 16.6 Å². The van der Waals surface area contributed by atoms with E-state index in [0.717, 1.165) is 6.42 Å². The van der Waals surface area contributed by atoms with E-state index in [9.17, 15) is 8.42 Å². The fourth-order valence-corrected chi connectivity index (χ4v) is 4.12. The normalized spacial score (nSPS) is 21.4. The van der Waals surface area contributed by atoms with E-state index in [1.807, 2.05) is 7.05 Å². The van der Waals surface area contributed by atoms with E-state index < -0.39 is 10.0 Å². The molecule has 21 heavy (non-hydrogen) atoms. The largest absolute Gasteiger partial charge is 0.307 e. The number of likely N-dealkylation sites (N-methyl/N-ethyl adjacent to an activating group) is 1. The number of pyridine rings is 1. The highest BCUT2D eigenvalue weighted by Crippen LogP contribution is 2.25. The maximum absolute atomic E-state index is 12.7. The predicted molar refractivity (Wildman–Crippen MR) is 82.5 cm³/mol. The van der Waals surface area contributed by atoms with Crippen molar-refractivity contribution in [3.05, 3.63) is 17.3 Å². The Hall–Kier alpha value is -0.930. The molecule has 2 rings (SSSR count). The number of nitrogens with two attached hydrogens (primary N) is 1. The molecule has 0 bridgehead atoms. The van der Waals surface area contributed by atoms with Gasteiger partial charge >= 0.3 is 0 Å². The fourth-order valence-electron chi connectivity index (χ4n) is 2.39. The molecule has 3 N–H and O–H groups in total. The van der Waals surface area contributed by atoms with E-state index in [2.05, 4.69) is 22.2 Å². The maximum atomic E-state index is 12.7. The first-order chi connectivity index (χ1) is 9.90. The Labute approximate surface area is 130 Å². The molecule has 1 aromatic heterocycles. The van der Waals surface area contributed by atoms with E-state index in [0.29, 0.717) is 19.6 Å².